The summed E-state index contributed by atoms with van der Waals surface area (Å²) < 4.78 is 27.3. The van der Waals surface area contributed by atoms with Gasteiger partial charge < -0.3 is 10.2 Å². The SMILES string of the molecule is Cc1cc(N(CC(=O)N(Cc2c(Cl)cccc2Cl)[C@@H](C)C(=O)NC2CCCCC2)S(C)(=O)=O)ccc1Br. The van der Waals surface area contributed by atoms with Crippen LogP contribution >= 0.6 is 39.1 Å². The van der Waals surface area contributed by atoms with Gasteiger partial charge in [-0.1, -0.05) is 64.5 Å². The molecule has 2 aromatic rings. The maximum atomic E-state index is 13.7. The van der Waals surface area contributed by atoms with E-state index in [9.17, 15) is 18.0 Å². The number of carbonyl (C=O) groups is 2. The maximum Gasteiger partial charge on any atom is 0.244 e. The van der Waals surface area contributed by atoms with Gasteiger partial charge in [0, 0.05) is 32.7 Å². The van der Waals surface area contributed by atoms with Crippen molar-refractivity contribution in [3.63, 3.8) is 0 Å². The van der Waals surface area contributed by atoms with E-state index in [0.29, 0.717) is 21.3 Å². The second-order valence-electron chi connectivity index (χ2n) is 9.44. The number of carbonyl (C=O) groups excluding carboxylic acids is 2. The molecule has 0 unspecified atom stereocenters. The second kappa shape index (κ2) is 12.8. The first-order chi connectivity index (χ1) is 17.4. The molecule has 0 aromatic heterocycles. The van der Waals surface area contributed by atoms with Crippen LogP contribution in [-0.2, 0) is 26.2 Å². The van der Waals surface area contributed by atoms with Gasteiger partial charge in [0.1, 0.15) is 12.6 Å². The molecule has 1 saturated carbocycles. The van der Waals surface area contributed by atoms with Crippen molar-refractivity contribution >= 4 is 66.7 Å². The van der Waals surface area contributed by atoms with E-state index in [1.165, 1.54) is 4.90 Å². The molecule has 37 heavy (non-hydrogen) atoms. The first-order valence-corrected chi connectivity index (χ1v) is 15.5. The molecule has 0 aliphatic heterocycles. The molecule has 1 atom stereocenters. The highest BCUT2D eigenvalue weighted by Crippen LogP contribution is 2.28. The predicted molar refractivity (Wildman–Crippen MR) is 153 cm³/mol. The van der Waals surface area contributed by atoms with Crippen molar-refractivity contribution in [2.75, 3.05) is 17.1 Å². The van der Waals surface area contributed by atoms with E-state index in [2.05, 4.69) is 21.2 Å². The number of nitrogens with one attached hydrogen (secondary N) is 1. The topological polar surface area (TPSA) is 86.8 Å². The largest absolute Gasteiger partial charge is 0.352 e. The minimum Gasteiger partial charge on any atom is -0.352 e. The molecule has 0 heterocycles. The Kier molecular flexibility index (Phi) is 10.3. The van der Waals surface area contributed by atoms with E-state index >= 15 is 0 Å². The van der Waals surface area contributed by atoms with Crippen molar-refractivity contribution in [2.24, 2.45) is 0 Å². The minimum absolute atomic E-state index is 0.0481. The Morgan fingerprint density at radius 2 is 1.73 bits per heavy atom. The third-order valence-electron chi connectivity index (χ3n) is 6.62. The smallest absolute Gasteiger partial charge is 0.244 e. The highest BCUT2D eigenvalue weighted by atomic mass is 79.9. The molecule has 1 aliphatic carbocycles. The molecule has 7 nitrogen and oxygen atoms in total. The molecule has 1 fully saturated rings. The summed E-state index contributed by atoms with van der Waals surface area (Å²) in [5, 5.41) is 3.77. The molecular formula is C26H32BrCl2N3O4S. The zero-order valence-electron chi connectivity index (χ0n) is 21.1. The Bertz CT molecular complexity index is 1230. The molecule has 0 radical (unpaired) electrons. The molecule has 2 aromatic carbocycles. The van der Waals surface area contributed by atoms with Gasteiger partial charge in [-0.2, -0.15) is 0 Å². The number of benzene rings is 2. The lowest BCUT2D eigenvalue weighted by atomic mass is 9.95. The van der Waals surface area contributed by atoms with Gasteiger partial charge in [0.25, 0.3) is 0 Å². The van der Waals surface area contributed by atoms with Crippen LogP contribution in [0, 0.1) is 6.92 Å². The van der Waals surface area contributed by atoms with Crippen molar-refractivity contribution in [1.29, 1.82) is 0 Å². The molecule has 1 N–H and O–H groups in total. The van der Waals surface area contributed by atoms with Crippen LogP contribution in [0.1, 0.15) is 50.2 Å². The van der Waals surface area contributed by atoms with Crippen LogP contribution in [0.15, 0.2) is 40.9 Å². The lowest BCUT2D eigenvalue weighted by molar-refractivity contribution is -0.139. The van der Waals surface area contributed by atoms with Crippen LogP contribution in [0.4, 0.5) is 5.69 Å². The first-order valence-electron chi connectivity index (χ1n) is 12.1. The molecule has 0 saturated heterocycles. The normalized spacial score (nSPS) is 15.2. The van der Waals surface area contributed by atoms with Gasteiger partial charge in [-0.05, 0) is 62.6 Å². The average molecular weight is 633 g/mol. The fourth-order valence-corrected chi connectivity index (χ4v) is 6.01. The first kappa shape index (κ1) is 29.7. The Morgan fingerprint density at radius 1 is 1.11 bits per heavy atom. The summed E-state index contributed by atoms with van der Waals surface area (Å²) in [6.45, 7) is 2.94. The molecule has 202 valence electrons. The summed E-state index contributed by atoms with van der Waals surface area (Å²) in [5.41, 5.74) is 1.66. The molecular weight excluding hydrogens is 601 g/mol. The molecule has 2 amide bonds. The van der Waals surface area contributed by atoms with Gasteiger partial charge in [-0.3, -0.25) is 13.9 Å². The highest BCUT2D eigenvalue weighted by Gasteiger charge is 2.32. The van der Waals surface area contributed by atoms with E-state index in [1.807, 2.05) is 6.92 Å². The number of nitrogens with zero attached hydrogens (tertiary/aromatic N) is 2. The fourth-order valence-electron chi connectivity index (χ4n) is 4.40. The lowest BCUT2D eigenvalue weighted by Gasteiger charge is -2.33. The Labute approximate surface area is 237 Å². The quantitative estimate of drug-likeness (QED) is 0.384. The molecule has 0 bridgehead atoms. The Hall–Kier alpha value is -1.81. The predicted octanol–water partition coefficient (Wildman–Crippen LogP) is 5.70. The fraction of sp³-hybridized carbons (Fsp3) is 0.462. The summed E-state index contributed by atoms with van der Waals surface area (Å²) in [6, 6.07) is 9.23. The standard InChI is InChI=1S/C26H32BrCl2N3O4S/c1-17-14-20(12-13-22(17)27)32(37(3,35)36)16-25(33)31(15-21-23(28)10-7-11-24(21)29)18(2)26(34)30-19-8-5-4-6-9-19/h7,10-14,18-19H,4-6,8-9,15-16H2,1-3H3,(H,30,34)/t18-/m0/s1. The van der Waals surface area contributed by atoms with Crippen LogP contribution in [0.2, 0.25) is 10.0 Å². The van der Waals surface area contributed by atoms with E-state index in [4.69, 9.17) is 23.2 Å². The third kappa shape index (κ3) is 7.85. The van der Waals surface area contributed by atoms with Gasteiger partial charge in [0.05, 0.1) is 11.9 Å². The molecule has 3 rings (SSSR count). The lowest BCUT2D eigenvalue weighted by Crippen LogP contribution is -2.53. The number of sulfonamides is 1. The minimum atomic E-state index is -3.82. The van der Waals surface area contributed by atoms with E-state index in [1.54, 1.807) is 43.3 Å². The summed E-state index contributed by atoms with van der Waals surface area (Å²) in [5.74, 6) is -0.845. The van der Waals surface area contributed by atoms with Gasteiger partial charge in [-0.25, -0.2) is 8.42 Å². The maximum absolute atomic E-state index is 13.7. The summed E-state index contributed by atoms with van der Waals surface area (Å²) >= 11 is 16.2. The summed E-state index contributed by atoms with van der Waals surface area (Å²) in [4.78, 5) is 28.3. The van der Waals surface area contributed by atoms with Crippen LogP contribution in [-0.4, -0.2) is 50.0 Å². The van der Waals surface area contributed by atoms with Crippen molar-refractivity contribution in [3.8, 4) is 0 Å². The molecule has 0 spiro atoms. The van der Waals surface area contributed by atoms with Crippen molar-refractivity contribution in [1.82, 2.24) is 10.2 Å². The monoisotopic (exact) mass is 631 g/mol. The van der Waals surface area contributed by atoms with Gasteiger partial charge in [0.2, 0.25) is 21.8 Å². The van der Waals surface area contributed by atoms with Gasteiger partial charge in [-0.15, -0.1) is 0 Å². The van der Waals surface area contributed by atoms with Crippen molar-refractivity contribution < 1.29 is 18.0 Å². The van der Waals surface area contributed by atoms with Crippen molar-refractivity contribution in [2.45, 2.75) is 64.6 Å². The number of amides is 2. The number of hydrogen-bond acceptors (Lipinski definition) is 4. The third-order valence-corrected chi connectivity index (χ3v) is 9.36. The van der Waals surface area contributed by atoms with Crippen LogP contribution < -0.4 is 9.62 Å². The number of rotatable bonds is 9. The zero-order valence-corrected chi connectivity index (χ0v) is 25.1. The average Bonchev–Trinajstić information content (AvgIpc) is 2.83. The van der Waals surface area contributed by atoms with E-state index in [0.717, 1.165) is 52.7 Å². The van der Waals surface area contributed by atoms with Gasteiger partial charge >= 0.3 is 0 Å². The number of anilines is 1. The van der Waals surface area contributed by atoms with Crippen molar-refractivity contribution in [3.05, 3.63) is 62.0 Å². The summed E-state index contributed by atoms with van der Waals surface area (Å²) in [7, 11) is -3.82. The van der Waals surface area contributed by atoms with E-state index in [-0.39, 0.29) is 18.5 Å². The number of hydrogen-bond donors (Lipinski definition) is 1. The Balaban J connectivity index is 1.93. The molecule has 1 aliphatic rings. The van der Waals surface area contributed by atoms with Gasteiger partial charge in [0.15, 0.2) is 0 Å². The highest BCUT2D eigenvalue weighted by molar-refractivity contribution is 9.10. The van der Waals surface area contributed by atoms with Crippen LogP contribution in [0.25, 0.3) is 0 Å². The molecule has 11 heteroatoms. The van der Waals surface area contributed by atoms with Crippen LogP contribution in [0.3, 0.4) is 0 Å². The van der Waals surface area contributed by atoms with E-state index < -0.39 is 28.5 Å². The summed E-state index contributed by atoms with van der Waals surface area (Å²) in [6.07, 6.45) is 6.09. The van der Waals surface area contributed by atoms with Crippen LogP contribution in [0.5, 0.6) is 0 Å². The number of halogens is 3. The Morgan fingerprint density at radius 3 is 2.30 bits per heavy atom. The second-order valence-corrected chi connectivity index (χ2v) is 13.0. The zero-order chi connectivity index (χ0) is 27.3. The number of aryl methyl sites for hydroxylation is 1.